The summed E-state index contributed by atoms with van der Waals surface area (Å²) in [7, 11) is -3.37. The van der Waals surface area contributed by atoms with E-state index in [4.69, 9.17) is 10.5 Å². The molecule has 1 fully saturated rings. The minimum Gasteiger partial charge on any atom is -0.381 e. The van der Waals surface area contributed by atoms with E-state index in [-0.39, 0.29) is 0 Å². The van der Waals surface area contributed by atoms with E-state index >= 15 is 0 Å². The molecule has 1 unspecified atom stereocenters. The third-order valence-corrected chi connectivity index (χ3v) is 5.95. The summed E-state index contributed by atoms with van der Waals surface area (Å²) in [5, 5.41) is 1.78. The van der Waals surface area contributed by atoms with Crippen molar-refractivity contribution in [2.75, 3.05) is 19.8 Å². The predicted molar refractivity (Wildman–Crippen MR) is 70.9 cm³/mol. The second-order valence-electron chi connectivity index (χ2n) is 4.39. The Morgan fingerprint density at radius 1 is 1.56 bits per heavy atom. The number of hydrogen-bond donors (Lipinski definition) is 2. The van der Waals surface area contributed by atoms with Crippen LogP contribution in [0.2, 0.25) is 0 Å². The van der Waals surface area contributed by atoms with Crippen molar-refractivity contribution in [1.29, 1.82) is 0 Å². The largest absolute Gasteiger partial charge is 0.381 e. The van der Waals surface area contributed by atoms with E-state index in [1.807, 2.05) is 0 Å². The number of rotatable bonds is 6. The van der Waals surface area contributed by atoms with Crippen LogP contribution < -0.4 is 10.5 Å². The fourth-order valence-corrected chi connectivity index (χ4v) is 4.20. The van der Waals surface area contributed by atoms with Gasteiger partial charge in [0.15, 0.2) is 0 Å². The summed E-state index contributed by atoms with van der Waals surface area (Å²) >= 11 is 1.21. The number of thiophene rings is 1. The molecule has 1 aliphatic rings. The van der Waals surface area contributed by atoms with E-state index in [2.05, 4.69) is 4.72 Å². The summed E-state index contributed by atoms with van der Waals surface area (Å²) in [5.41, 5.74) is 6.32. The quantitative estimate of drug-likeness (QED) is 0.816. The third kappa shape index (κ3) is 3.52. The van der Waals surface area contributed by atoms with Crippen LogP contribution in [0.15, 0.2) is 15.7 Å². The second kappa shape index (κ2) is 6.12. The van der Waals surface area contributed by atoms with E-state index in [9.17, 15) is 8.42 Å². The lowest BCUT2D eigenvalue weighted by Crippen LogP contribution is -2.25. The van der Waals surface area contributed by atoms with Crippen LogP contribution >= 0.6 is 11.3 Å². The molecule has 2 heterocycles. The van der Waals surface area contributed by atoms with Crippen molar-refractivity contribution in [2.24, 2.45) is 11.7 Å². The molecular formula is C11H18N2O3S2. The van der Waals surface area contributed by atoms with Crippen molar-refractivity contribution in [1.82, 2.24) is 4.72 Å². The molecule has 0 aliphatic carbocycles. The Bertz CT molecular complexity index is 478. The Morgan fingerprint density at radius 2 is 2.39 bits per heavy atom. The minimum absolute atomic E-state index is 0.339. The van der Waals surface area contributed by atoms with Crippen LogP contribution in [0.5, 0.6) is 0 Å². The topological polar surface area (TPSA) is 81.4 Å². The van der Waals surface area contributed by atoms with Gasteiger partial charge in [0.2, 0.25) is 10.0 Å². The van der Waals surface area contributed by atoms with Gasteiger partial charge in [0, 0.05) is 26.3 Å². The molecule has 7 heteroatoms. The maximum absolute atomic E-state index is 12.0. The Balaban J connectivity index is 1.86. The van der Waals surface area contributed by atoms with Gasteiger partial charge < -0.3 is 10.5 Å². The number of nitrogens with one attached hydrogen (secondary N) is 1. The summed E-state index contributed by atoms with van der Waals surface area (Å²) in [6, 6.07) is 1.63. The van der Waals surface area contributed by atoms with Gasteiger partial charge in [-0.15, -0.1) is 11.3 Å². The molecule has 0 spiro atoms. The van der Waals surface area contributed by atoms with E-state index in [0.29, 0.717) is 23.2 Å². The van der Waals surface area contributed by atoms with Gasteiger partial charge in [0.25, 0.3) is 0 Å². The highest BCUT2D eigenvalue weighted by Gasteiger charge is 2.19. The standard InChI is InChI=1S/C11H18N2O3S2/c12-6-10-5-11(17-8-10)18(14,15)13-3-1-9-2-4-16-7-9/h5,8-9,13H,1-4,6-7,12H2. The van der Waals surface area contributed by atoms with Gasteiger partial charge in [-0.25, -0.2) is 13.1 Å². The highest BCUT2D eigenvalue weighted by atomic mass is 32.2. The molecule has 0 bridgehead atoms. The third-order valence-electron chi connectivity index (χ3n) is 3.00. The molecule has 1 atom stereocenters. The van der Waals surface area contributed by atoms with Crippen molar-refractivity contribution < 1.29 is 13.2 Å². The smallest absolute Gasteiger partial charge is 0.250 e. The van der Waals surface area contributed by atoms with Gasteiger partial charge in [-0.2, -0.15) is 0 Å². The van der Waals surface area contributed by atoms with E-state index < -0.39 is 10.0 Å². The fraction of sp³-hybridized carbons (Fsp3) is 0.636. The highest BCUT2D eigenvalue weighted by molar-refractivity contribution is 7.91. The van der Waals surface area contributed by atoms with E-state index in [1.54, 1.807) is 11.4 Å². The first-order valence-electron chi connectivity index (χ1n) is 5.96. The van der Waals surface area contributed by atoms with Crippen LogP contribution in [0, 0.1) is 5.92 Å². The van der Waals surface area contributed by atoms with Crippen LogP contribution in [-0.2, 0) is 21.3 Å². The molecule has 102 valence electrons. The lowest BCUT2D eigenvalue weighted by Gasteiger charge is -2.08. The summed E-state index contributed by atoms with van der Waals surface area (Å²) < 4.78 is 32.1. The zero-order valence-corrected chi connectivity index (χ0v) is 11.7. The van der Waals surface area contributed by atoms with Gasteiger partial charge >= 0.3 is 0 Å². The number of nitrogens with two attached hydrogens (primary N) is 1. The van der Waals surface area contributed by atoms with Crippen LogP contribution in [0.4, 0.5) is 0 Å². The molecule has 0 radical (unpaired) electrons. The van der Waals surface area contributed by atoms with Crippen LogP contribution in [0.1, 0.15) is 18.4 Å². The molecule has 1 saturated heterocycles. The summed E-state index contributed by atoms with van der Waals surface area (Å²) in [5.74, 6) is 0.482. The Kier molecular flexibility index (Phi) is 4.74. The lowest BCUT2D eigenvalue weighted by molar-refractivity contribution is 0.184. The lowest BCUT2D eigenvalue weighted by atomic mass is 10.1. The van der Waals surface area contributed by atoms with Gasteiger partial charge in [-0.3, -0.25) is 0 Å². The Morgan fingerprint density at radius 3 is 3.00 bits per heavy atom. The zero-order valence-electron chi connectivity index (χ0n) is 10.1. The number of sulfonamides is 1. The van der Waals surface area contributed by atoms with Crippen molar-refractivity contribution in [3.8, 4) is 0 Å². The molecule has 0 amide bonds. The highest BCUT2D eigenvalue weighted by Crippen LogP contribution is 2.20. The first-order chi connectivity index (χ1) is 8.62. The Hall–Kier alpha value is -0.470. The molecule has 0 saturated carbocycles. The van der Waals surface area contributed by atoms with Crippen LogP contribution in [0.3, 0.4) is 0 Å². The Labute approximate surface area is 111 Å². The SMILES string of the molecule is NCc1csc(S(=O)(=O)NCCC2CCOC2)c1. The van der Waals surface area contributed by atoms with Crippen molar-refractivity contribution in [2.45, 2.75) is 23.6 Å². The predicted octanol–water partition coefficient (Wildman–Crippen LogP) is 0.912. The average Bonchev–Trinajstić information content (AvgIpc) is 2.99. The van der Waals surface area contributed by atoms with Gasteiger partial charge in [0.05, 0.1) is 0 Å². The maximum atomic E-state index is 12.0. The average molecular weight is 290 g/mol. The summed E-state index contributed by atoms with van der Waals surface area (Å²) in [6.45, 7) is 2.37. The van der Waals surface area contributed by atoms with Gasteiger partial charge in [0.1, 0.15) is 4.21 Å². The molecule has 1 aliphatic heterocycles. The molecule has 18 heavy (non-hydrogen) atoms. The summed E-state index contributed by atoms with van der Waals surface area (Å²) in [6.07, 6.45) is 1.85. The van der Waals surface area contributed by atoms with Crippen molar-refractivity contribution in [3.63, 3.8) is 0 Å². The fourth-order valence-electron chi connectivity index (χ4n) is 1.88. The van der Waals surface area contributed by atoms with Crippen LogP contribution in [-0.4, -0.2) is 28.2 Å². The first-order valence-corrected chi connectivity index (χ1v) is 8.33. The number of hydrogen-bond acceptors (Lipinski definition) is 5. The molecule has 2 rings (SSSR count). The molecule has 0 aromatic carbocycles. The second-order valence-corrected chi connectivity index (χ2v) is 7.30. The van der Waals surface area contributed by atoms with Crippen LogP contribution in [0.25, 0.3) is 0 Å². The zero-order chi connectivity index (χ0) is 13.0. The molecule has 1 aromatic rings. The van der Waals surface area contributed by atoms with Gasteiger partial charge in [-0.05, 0) is 35.8 Å². The van der Waals surface area contributed by atoms with E-state index in [1.165, 1.54) is 11.3 Å². The molecular weight excluding hydrogens is 272 g/mol. The molecule has 3 N–H and O–H groups in total. The van der Waals surface area contributed by atoms with E-state index in [0.717, 1.165) is 31.6 Å². The van der Waals surface area contributed by atoms with Gasteiger partial charge in [-0.1, -0.05) is 0 Å². The monoisotopic (exact) mass is 290 g/mol. The molecule has 1 aromatic heterocycles. The van der Waals surface area contributed by atoms with Crippen molar-refractivity contribution >= 4 is 21.4 Å². The number of ether oxygens (including phenoxy) is 1. The normalized spacial score (nSPS) is 20.4. The first kappa shape index (κ1) is 14.0. The maximum Gasteiger partial charge on any atom is 0.250 e. The minimum atomic E-state index is -3.37. The molecule has 5 nitrogen and oxygen atoms in total. The van der Waals surface area contributed by atoms with Crippen molar-refractivity contribution in [3.05, 3.63) is 17.0 Å². The summed E-state index contributed by atoms with van der Waals surface area (Å²) in [4.78, 5) is 0.